The summed E-state index contributed by atoms with van der Waals surface area (Å²) in [5, 5.41) is 10.0. The number of benzene rings is 1. The molecule has 1 aromatic heterocycles. The van der Waals surface area contributed by atoms with Crippen LogP contribution in [0.25, 0.3) is 11.3 Å². The van der Waals surface area contributed by atoms with Crippen molar-refractivity contribution in [3.63, 3.8) is 0 Å². The molecular weight excluding hydrogens is 252 g/mol. The lowest BCUT2D eigenvalue weighted by Crippen LogP contribution is -2.21. The molecule has 0 bridgehead atoms. The van der Waals surface area contributed by atoms with Crippen LogP contribution in [0, 0.1) is 6.92 Å². The maximum absolute atomic E-state index is 10.0. The van der Waals surface area contributed by atoms with E-state index in [1.54, 1.807) is 12.1 Å². The van der Waals surface area contributed by atoms with E-state index in [9.17, 15) is 5.11 Å². The standard InChI is InChI=1S/C15H18N4O/c1-10-13(16)14(11-6-2-3-7-12(11)20)18-15(17-10)19-8-4-5-9-19/h2-3,6-7,20H,4-5,8-9,16H2,1H3. The fraction of sp³-hybridized carbons (Fsp3) is 0.333. The quantitative estimate of drug-likeness (QED) is 0.876. The van der Waals surface area contributed by atoms with Gasteiger partial charge in [-0.05, 0) is 31.9 Å². The van der Waals surface area contributed by atoms with Gasteiger partial charge in [0.25, 0.3) is 0 Å². The molecule has 1 aliphatic rings. The van der Waals surface area contributed by atoms with Crippen LogP contribution in [0.5, 0.6) is 5.75 Å². The number of anilines is 2. The average Bonchev–Trinajstić information content (AvgIpc) is 2.97. The van der Waals surface area contributed by atoms with Crippen molar-refractivity contribution in [2.45, 2.75) is 19.8 Å². The van der Waals surface area contributed by atoms with Crippen molar-refractivity contribution >= 4 is 11.6 Å². The number of rotatable bonds is 2. The van der Waals surface area contributed by atoms with Crippen LogP contribution in [-0.4, -0.2) is 28.2 Å². The third-order valence-electron chi connectivity index (χ3n) is 3.67. The number of para-hydroxylation sites is 1. The summed E-state index contributed by atoms with van der Waals surface area (Å²) < 4.78 is 0. The number of hydrogen-bond acceptors (Lipinski definition) is 5. The van der Waals surface area contributed by atoms with Crippen molar-refractivity contribution in [2.75, 3.05) is 23.7 Å². The molecule has 2 aromatic rings. The maximum Gasteiger partial charge on any atom is 0.226 e. The van der Waals surface area contributed by atoms with E-state index in [1.807, 2.05) is 19.1 Å². The lowest BCUT2D eigenvalue weighted by molar-refractivity contribution is 0.477. The molecule has 104 valence electrons. The Labute approximate surface area is 118 Å². The predicted octanol–water partition coefficient (Wildman–Crippen LogP) is 2.34. The first-order valence-corrected chi connectivity index (χ1v) is 6.84. The van der Waals surface area contributed by atoms with Gasteiger partial charge in [0.1, 0.15) is 11.4 Å². The van der Waals surface area contributed by atoms with Gasteiger partial charge in [0.2, 0.25) is 5.95 Å². The molecule has 2 heterocycles. The normalized spacial score (nSPS) is 14.8. The van der Waals surface area contributed by atoms with Crippen molar-refractivity contribution in [3.05, 3.63) is 30.0 Å². The molecule has 3 N–H and O–H groups in total. The van der Waals surface area contributed by atoms with E-state index >= 15 is 0 Å². The number of aryl methyl sites for hydroxylation is 1. The number of nitrogens with two attached hydrogens (primary N) is 1. The lowest BCUT2D eigenvalue weighted by atomic mass is 10.1. The zero-order chi connectivity index (χ0) is 14.1. The Balaban J connectivity index is 2.12. The zero-order valence-electron chi connectivity index (χ0n) is 11.5. The van der Waals surface area contributed by atoms with Gasteiger partial charge >= 0.3 is 0 Å². The van der Waals surface area contributed by atoms with Crippen LogP contribution in [0.15, 0.2) is 24.3 Å². The summed E-state index contributed by atoms with van der Waals surface area (Å²) in [6, 6.07) is 7.11. The van der Waals surface area contributed by atoms with Crippen molar-refractivity contribution in [2.24, 2.45) is 0 Å². The highest BCUT2D eigenvalue weighted by atomic mass is 16.3. The van der Waals surface area contributed by atoms with Gasteiger partial charge in [-0.1, -0.05) is 12.1 Å². The van der Waals surface area contributed by atoms with E-state index in [4.69, 9.17) is 5.73 Å². The minimum atomic E-state index is 0.185. The van der Waals surface area contributed by atoms with E-state index in [0.717, 1.165) is 18.8 Å². The summed E-state index contributed by atoms with van der Waals surface area (Å²) in [6.07, 6.45) is 2.33. The van der Waals surface area contributed by atoms with Gasteiger partial charge in [-0.25, -0.2) is 9.97 Å². The number of aromatic nitrogens is 2. The van der Waals surface area contributed by atoms with Crippen molar-refractivity contribution < 1.29 is 5.11 Å². The van der Waals surface area contributed by atoms with Gasteiger partial charge in [0.15, 0.2) is 0 Å². The van der Waals surface area contributed by atoms with E-state index < -0.39 is 0 Å². The van der Waals surface area contributed by atoms with Gasteiger partial charge in [0, 0.05) is 18.7 Å². The Morgan fingerprint density at radius 2 is 1.85 bits per heavy atom. The first-order valence-electron chi connectivity index (χ1n) is 6.84. The van der Waals surface area contributed by atoms with Crippen LogP contribution >= 0.6 is 0 Å². The molecule has 0 amide bonds. The number of nitrogens with zero attached hydrogens (tertiary/aromatic N) is 3. The summed E-state index contributed by atoms with van der Waals surface area (Å²) in [5.74, 6) is 0.886. The zero-order valence-corrected chi connectivity index (χ0v) is 11.5. The van der Waals surface area contributed by atoms with E-state index in [1.165, 1.54) is 12.8 Å². The van der Waals surface area contributed by atoms with Gasteiger partial charge in [-0.2, -0.15) is 0 Å². The molecule has 20 heavy (non-hydrogen) atoms. The van der Waals surface area contributed by atoms with Gasteiger partial charge in [0.05, 0.1) is 11.4 Å². The van der Waals surface area contributed by atoms with Crippen LogP contribution in [0.3, 0.4) is 0 Å². The summed E-state index contributed by atoms with van der Waals surface area (Å²) >= 11 is 0. The molecule has 5 nitrogen and oxygen atoms in total. The Morgan fingerprint density at radius 1 is 1.15 bits per heavy atom. The first-order chi connectivity index (χ1) is 9.66. The number of nitrogen functional groups attached to an aromatic ring is 1. The first kappa shape index (κ1) is 12.7. The van der Waals surface area contributed by atoms with E-state index in [2.05, 4.69) is 14.9 Å². The monoisotopic (exact) mass is 270 g/mol. The Hall–Kier alpha value is -2.30. The fourth-order valence-corrected chi connectivity index (χ4v) is 2.50. The van der Waals surface area contributed by atoms with Gasteiger partial charge < -0.3 is 15.7 Å². The highest BCUT2D eigenvalue weighted by molar-refractivity contribution is 5.78. The molecule has 1 fully saturated rings. The fourth-order valence-electron chi connectivity index (χ4n) is 2.50. The van der Waals surface area contributed by atoms with Gasteiger partial charge in [-0.3, -0.25) is 0 Å². The third kappa shape index (κ3) is 2.15. The Morgan fingerprint density at radius 3 is 2.55 bits per heavy atom. The molecule has 0 spiro atoms. The van der Waals surface area contributed by atoms with Crippen LogP contribution in [0.2, 0.25) is 0 Å². The van der Waals surface area contributed by atoms with E-state index in [-0.39, 0.29) is 5.75 Å². The molecule has 1 aliphatic heterocycles. The van der Waals surface area contributed by atoms with Crippen molar-refractivity contribution in [1.29, 1.82) is 0 Å². The molecule has 0 radical (unpaired) electrons. The highest BCUT2D eigenvalue weighted by Gasteiger charge is 2.19. The number of hydrogen-bond donors (Lipinski definition) is 2. The minimum absolute atomic E-state index is 0.185. The Kier molecular flexibility index (Phi) is 3.18. The van der Waals surface area contributed by atoms with Crippen molar-refractivity contribution in [1.82, 2.24) is 9.97 Å². The molecule has 1 aromatic carbocycles. The number of phenolic OH excluding ortho intramolecular Hbond substituents is 1. The van der Waals surface area contributed by atoms with Crippen LogP contribution < -0.4 is 10.6 Å². The average molecular weight is 270 g/mol. The summed E-state index contributed by atoms with van der Waals surface area (Å²) in [6.45, 7) is 3.83. The summed E-state index contributed by atoms with van der Waals surface area (Å²) in [4.78, 5) is 11.2. The van der Waals surface area contributed by atoms with Crippen LogP contribution in [0.1, 0.15) is 18.5 Å². The second kappa shape index (κ2) is 5.00. The van der Waals surface area contributed by atoms with Crippen molar-refractivity contribution in [3.8, 4) is 17.0 Å². The summed E-state index contributed by atoms with van der Waals surface area (Å²) in [5.41, 5.74) is 8.63. The molecule has 5 heteroatoms. The third-order valence-corrected chi connectivity index (χ3v) is 3.67. The molecule has 0 unspecified atom stereocenters. The SMILES string of the molecule is Cc1nc(N2CCCC2)nc(-c2ccccc2O)c1N. The van der Waals surface area contributed by atoms with E-state index in [0.29, 0.717) is 22.9 Å². The van der Waals surface area contributed by atoms with Gasteiger partial charge in [-0.15, -0.1) is 0 Å². The molecule has 0 atom stereocenters. The lowest BCUT2D eigenvalue weighted by Gasteiger charge is -2.18. The largest absolute Gasteiger partial charge is 0.507 e. The molecule has 0 saturated carbocycles. The molecule has 0 aliphatic carbocycles. The maximum atomic E-state index is 10.0. The smallest absolute Gasteiger partial charge is 0.226 e. The second-order valence-corrected chi connectivity index (χ2v) is 5.08. The topological polar surface area (TPSA) is 75.3 Å². The minimum Gasteiger partial charge on any atom is -0.507 e. The molecule has 3 rings (SSSR count). The predicted molar refractivity (Wildman–Crippen MR) is 79.7 cm³/mol. The highest BCUT2D eigenvalue weighted by Crippen LogP contribution is 2.33. The number of phenols is 1. The van der Waals surface area contributed by atoms with Crippen LogP contribution in [-0.2, 0) is 0 Å². The second-order valence-electron chi connectivity index (χ2n) is 5.08. The summed E-state index contributed by atoms with van der Waals surface area (Å²) in [7, 11) is 0. The van der Waals surface area contributed by atoms with Crippen LogP contribution in [0.4, 0.5) is 11.6 Å². The number of aromatic hydroxyl groups is 1. The molecule has 1 saturated heterocycles. The molecular formula is C15H18N4O. The Bertz CT molecular complexity index is 636.